The molecule has 1 amide bonds. The molecule has 0 aliphatic carbocycles. The van der Waals surface area contributed by atoms with Crippen molar-refractivity contribution in [3.05, 3.63) is 29.8 Å². The Bertz CT molecular complexity index is 451. The Labute approximate surface area is 146 Å². The number of rotatable bonds is 8. The fourth-order valence-electron chi connectivity index (χ4n) is 1.82. The number of carbonyl (C=O) groups is 2. The maximum absolute atomic E-state index is 13.5. The van der Waals surface area contributed by atoms with Crippen molar-refractivity contribution in [3.63, 3.8) is 0 Å². The van der Waals surface area contributed by atoms with Crippen LogP contribution in [0.2, 0.25) is 0 Å². The Hall–Kier alpha value is -0.910. The van der Waals surface area contributed by atoms with Gasteiger partial charge in [0.2, 0.25) is 5.91 Å². The Balaban J connectivity index is 0.00000400. The minimum absolute atomic E-state index is 0. The van der Waals surface area contributed by atoms with Gasteiger partial charge in [-0.25, -0.2) is 4.39 Å². The summed E-state index contributed by atoms with van der Waals surface area (Å²) in [7, 11) is 0. The number of halogens is 1. The van der Waals surface area contributed by atoms with Crippen molar-refractivity contribution in [2.45, 2.75) is 45.2 Å². The van der Waals surface area contributed by atoms with E-state index in [0.29, 0.717) is 12.1 Å². The first-order valence-corrected chi connectivity index (χ1v) is 6.78. The number of carboxylic acid groups (broad SMARTS) is 1. The zero-order chi connectivity index (χ0) is 15.0. The number of hydrogen-bond acceptors (Lipinski definition) is 3. The maximum atomic E-state index is 13.5. The molecular formula is C15H19FNNaO3. The monoisotopic (exact) mass is 303 g/mol. The molecule has 1 atom stereocenters. The molecule has 4 nitrogen and oxygen atoms in total. The van der Waals surface area contributed by atoms with Crippen LogP contribution in [0.5, 0.6) is 0 Å². The molecule has 1 N–H and O–H groups in total. The third-order valence-corrected chi connectivity index (χ3v) is 2.93. The molecule has 1 aromatic carbocycles. The van der Waals surface area contributed by atoms with E-state index >= 15 is 0 Å². The van der Waals surface area contributed by atoms with Crippen molar-refractivity contribution in [2.24, 2.45) is 0 Å². The number of aromatic carboxylic acids is 1. The molecule has 1 rings (SSSR count). The third kappa shape index (κ3) is 8.19. The van der Waals surface area contributed by atoms with Crippen LogP contribution in [-0.2, 0) is 4.79 Å². The normalized spacial score (nSPS) is 11.3. The van der Waals surface area contributed by atoms with Gasteiger partial charge in [-0.15, -0.1) is 0 Å². The molecule has 110 valence electrons. The van der Waals surface area contributed by atoms with E-state index in [1.807, 2.05) is 6.92 Å². The van der Waals surface area contributed by atoms with Gasteiger partial charge in [0.05, 0.1) is 12.4 Å². The molecule has 1 aromatic rings. The number of benzene rings is 1. The van der Waals surface area contributed by atoms with Gasteiger partial charge < -0.3 is 15.2 Å². The van der Waals surface area contributed by atoms with Gasteiger partial charge >= 0.3 is 29.6 Å². The summed E-state index contributed by atoms with van der Waals surface area (Å²) in [6.07, 6.45) is 1.85. The minimum atomic E-state index is -1.28. The van der Waals surface area contributed by atoms with Crippen LogP contribution in [0.25, 0.3) is 0 Å². The summed E-state index contributed by atoms with van der Waals surface area (Å²) in [5, 5.41) is 13.1. The van der Waals surface area contributed by atoms with Gasteiger partial charge in [0.25, 0.3) is 0 Å². The number of anilines is 1. The second-order valence-electron chi connectivity index (χ2n) is 4.71. The molecule has 6 heteroatoms. The van der Waals surface area contributed by atoms with E-state index in [4.69, 9.17) is 0 Å². The van der Waals surface area contributed by atoms with E-state index in [2.05, 4.69) is 5.32 Å². The van der Waals surface area contributed by atoms with Gasteiger partial charge in [-0.2, -0.15) is 0 Å². The molecule has 0 heterocycles. The van der Waals surface area contributed by atoms with Gasteiger partial charge in [0, 0.05) is 5.69 Å². The third-order valence-electron chi connectivity index (χ3n) is 2.93. The number of carbonyl (C=O) groups excluding carboxylic acids is 2. The van der Waals surface area contributed by atoms with Gasteiger partial charge in [0.1, 0.15) is 6.17 Å². The van der Waals surface area contributed by atoms with E-state index in [0.717, 1.165) is 19.3 Å². The van der Waals surface area contributed by atoms with Crippen LogP contribution in [0.1, 0.15) is 49.4 Å². The van der Waals surface area contributed by atoms with Crippen LogP contribution in [0.4, 0.5) is 10.1 Å². The fourth-order valence-corrected chi connectivity index (χ4v) is 1.82. The summed E-state index contributed by atoms with van der Waals surface area (Å²) in [5.74, 6) is -1.68. The molecular weight excluding hydrogens is 284 g/mol. The number of unbranched alkanes of at least 4 members (excludes halogenated alkanes) is 2. The largest absolute Gasteiger partial charge is 1.00 e. The van der Waals surface area contributed by atoms with E-state index in [1.165, 1.54) is 24.3 Å². The van der Waals surface area contributed by atoms with Crippen molar-refractivity contribution in [1.29, 1.82) is 0 Å². The first-order valence-electron chi connectivity index (χ1n) is 6.78. The summed E-state index contributed by atoms with van der Waals surface area (Å²) >= 11 is 0. The summed E-state index contributed by atoms with van der Waals surface area (Å²) in [4.78, 5) is 22.2. The van der Waals surface area contributed by atoms with Crippen LogP contribution < -0.4 is 40.0 Å². The molecule has 0 aliphatic rings. The zero-order valence-electron chi connectivity index (χ0n) is 12.5. The van der Waals surface area contributed by atoms with Gasteiger partial charge in [-0.05, 0) is 24.1 Å². The predicted molar refractivity (Wildman–Crippen MR) is 73.1 cm³/mol. The zero-order valence-corrected chi connectivity index (χ0v) is 14.5. The Morgan fingerprint density at radius 2 is 1.86 bits per heavy atom. The van der Waals surface area contributed by atoms with Crippen LogP contribution in [0.3, 0.4) is 0 Å². The second-order valence-corrected chi connectivity index (χ2v) is 4.71. The number of nitrogens with one attached hydrogen (secondary N) is 1. The smallest absolute Gasteiger partial charge is 0.545 e. The average Bonchev–Trinajstić information content (AvgIpc) is 2.39. The first kappa shape index (κ1) is 20.1. The average molecular weight is 303 g/mol. The van der Waals surface area contributed by atoms with E-state index in [1.54, 1.807) is 0 Å². The van der Waals surface area contributed by atoms with Crippen molar-refractivity contribution >= 4 is 17.6 Å². The Morgan fingerprint density at radius 1 is 1.24 bits per heavy atom. The number of amides is 1. The molecule has 0 radical (unpaired) electrons. The van der Waals surface area contributed by atoms with Crippen LogP contribution in [-0.4, -0.2) is 18.0 Å². The summed E-state index contributed by atoms with van der Waals surface area (Å²) < 4.78 is 13.5. The van der Waals surface area contributed by atoms with Crippen LogP contribution >= 0.6 is 0 Å². The van der Waals surface area contributed by atoms with E-state index < -0.39 is 18.0 Å². The fraction of sp³-hybridized carbons (Fsp3) is 0.467. The van der Waals surface area contributed by atoms with Crippen molar-refractivity contribution in [1.82, 2.24) is 0 Å². The number of hydrogen-bond donors (Lipinski definition) is 1. The predicted octanol–water partition coefficient (Wildman–Crippen LogP) is -0.699. The maximum Gasteiger partial charge on any atom is 1.00 e. The number of carboxylic acids is 1. The molecule has 0 saturated heterocycles. The Kier molecular flexibility index (Phi) is 10.3. The van der Waals surface area contributed by atoms with E-state index in [-0.39, 0.29) is 41.5 Å². The molecule has 0 spiro atoms. The van der Waals surface area contributed by atoms with Gasteiger partial charge in [-0.3, -0.25) is 4.79 Å². The van der Waals surface area contributed by atoms with Crippen molar-refractivity contribution in [2.75, 3.05) is 5.32 Å². The molecule has 0 bridgehead atoms. The summed E-state index contributed by atoms with van der Waals surface area (Å²) in [6, 6.07) is 5.57. The standard InChI is InChI=1S/C15H20FNO3.Na/c1-2-3-4-5-12(16)10-14(18)17-13-8-6-11(7-9-13)15(19)20;/h6-9,12H,2-5,10H2,1H3,(H,17,18)(H,19,20);/q;+1/p-1. The number of alkyl halides is 1. The van der Waals surface area contributed by atoms with Crippen LogP contribution in [0.15, 0.2) is 24.3 Å². The second kappa shape index (κ2) is 10.8. The van der Waals surface area contributed by atoms with Gasteiger partial charge in [0.15, 0.2) is 0 Å². The molecule has 0 saturated carbocycles. The topological polar surface area (TPSA) is 69.2 Å². The van der Waals surface area contributed by atoms with Gasteiger partial charge in [-0.1, -0.05) is 38.3 Å². The van der Waals surface area contributed by atoms with E-state index in [9.17, 15) is 19.1 Å². The SMILES string of the molecule is CCCCCC(F)CC(=O)Nc1ccc(C(=O)[O-])cc1.[Na+]. The van der Waals surface area contributed by atoms with Crippen molar-refractivity contribution in [3.8, 4) is 0 Å². The first-order chi connectivity index (χ1) is 9.52. The summed E-state index contributed by atoms with van der Waals surface area (Å²) in [6.45, 7) is 2.04. The summed E-state index contributed by atoms with van der Waals surface area (Å²) in [5.41, 5.74) is 0.478. The molecule has 1 unspecified atom stereocenters. The molecule has 0 fully saturated rings. The quantitative estimate of drug-likeness (QED) is 0.510. The Morgan fingerprint density at radius 3 is 2.38 bits per heavy atom. The van der Waals surface area contributed by atoms with Crippen LogP contribution in [0, 0.1) is 0 Å². The van der Waals surface area contributed by atoms with Crippen molar-refractivity contribution < 1.29 is 48.6 Å². The molecule has 21 heavy (non-hydrogen) atoms. The minimum Gasteiger partial charge on any atom is -0.545 e. The molecule has 0 aliphatic heterocycles. The molecule has 0 aromatic heterocycles.